The average molecular weight is 663 g/mol. The molecule has 3 heterocycles. The third-order valence-electron chi connectivity index (χ3n) is 10.5. The molecular formula is C48H30N4. The normalized spacial score (nSPS) is 11.8. The standard InChI is InChI=1S/C48H30N4/c1-3-13-31(14-4-1)32-23-26-35(27-24-32)51-41-22-12-10-20-38(41)44-42(51)29-30-43-45(44)39-28-25-33-15-7-8-18-36(33)47(39)52(43)48-49-40-21-11-9-19-37(40)46(50-48)34-16-5-2-6-17-34/h1-30H. The SMILES string of the molecule is c1ccc(-c2ccc(-n3c4ccccc4c4c5c6ccc7ccccc7c6n(-c6nc(-c7ccccc7)c7ccccc7n6)c5ccc43)cc2)cc1. The second kappa shape index (κ2) is 11.2. The van der Waals surface area contributed by atoms with Crippen molar-refractivity contribution in [2.45, 2.75) is 0 Å². The first-order valence-corrected chi connectivity index (χ1v) is 17.7. The van der Waals surface area contributed by atoms with Crippen molar-refractivity contribution in [3.63, 3.8) is 0 Å². The minimum absolute atomic E-state index is 0.661. The maximum absolute atomic E-state index is 5.40. The van der Waals surface area contributed by atoms with Crippen molar-refractivity contribution in [2.75, 3.05) is 0 Å². The Bertz CT molecular complexity index is 3160. The molecule has 0 bridgehead atoms. The molecule has 0 atom stereocenters. The molecule has 3 aromatic heterocycles. The fourth-order valence-corrected chi connectivity index (χ4v) is 8.23. The van der Waals surface area contributed by atoms with Gasteiger partial charge in [-0.25, -0.2) is 9.97 Å². The van der Waals surface area contributed by atoms with E-state index in [1.54, 1.807) is 0 Å². The van der Waals surface area contributed by atoms with E-state index < -0.39 is 0 Å². The molecule has 0 unspecified atom stereocenters. The van der Waals surface area contributed by atoms with Gasteiger partial charge in [0, 0.05) is 43.6 Å². The van der Waals surface area contributed by atoms with E-state index in [1.807, 2.05) is 6.07 Å². The van der Waals surface area contributed by atoms with Crippen LogP contribution in [0.1, 0.15) is 0 Å². The monoisotopic (exact) mass is 662 g/mol. The van der Waals surface area contributed by atoms with Gasteiger partial charge in [-0.15, -0.1) is 0 Å². The summed E-state index contributed by atoms with van der Waals surface area (Å²) in [6, 6.07) is 64.8. The van der Waals surface area contributed by atoms with Crippen molar-refractivity contribution < 1.29 is 0 Å². The molecule has 0 radical (unpaired) electrons. The third kappa shape index (κ3) is 4.21. The number of rotatable bonds is 4. The van der Waals surface area contributed by atoms with E-state index in [2.05, 4.69) is 185 Å². The van der Waals surface area contributed by atoms with Gasteiger partial charge in [-0.2, -0.15) is 0 Å². The highest BCUT2D eigenvalue weighted by molar-refractivity contribution is 6.31. The zero-order chi connectivity index (χ0) is 34.2. The molecule has 0 fully saturated rings. The Balaban J connectivity index is 1.26. The number of aromatic nitrogens is 4. The zero-order valence-electron chi connectivity index (χ0n) is 28.1. The van der Waals surface area contributed by atoms with E-state index in [1.165, 1.54) is 49.0 Å². The van der Waals surface area contributed by atoms with Gasteiger partial charge in [0.05, 0.1) is 33.3 Å². The number of hydrogen-bond donors (Lipinski definition) is 0. The van der Waals surface area contributed by atoms with Gasteiger partial charge in [-0.05, 0) is 52.9 Å². The molecule has 0 saturated carbocycles. The quantitative estimate of drug-likeness (QED) is 0.188. The van der Waals surface area contributed by atoms with E-state index in [4.69, 9.17) is 9.97 Å². The lowest BCUT2D eigenvalue weighted by Crippen LogP contribution is -2.03. The van der Waals surface area contributed by atoms with E-state index in [9.17, 15) is 0 Å². The third-order valence-corrected chi connectivity index (χ3v) is 10.5. The summed E-state index contributed by atoms with van der Waals surface area (Å²) in [6.07, 6.45) is 0. The Labute approximate surface area is 299 Å². The van der Waals surface area contributed by atoms with Crippen LogP contribution in [0.3, 0.4) is 0 Å². The van der Waals surface area contributed by atoms with Crippen molar-refractivity contribution in [2.24, 2.45) is 0 Å². The van der Waals surface area contributed by atoms with Gasteiger partial charge in [0.25, 0.3) is 0 Å². The lowest BCUT2D eigenvalue weighted by Gasteiger charge is -2.12. The van der Waals surface area contributed by atoms with Crippen LogP contribution in [0, 0.1) is 0 Å². The number of nitrogens with zero attached hydrogens (tertiary/aromatic N) is 4. The van der Waals surface area contributed by atoms with Crippen molar-refractivity contribution in [3.8, 4) is 34.0 Å². The summed E-state index contributed by atoms with van der Waals surface area (Å²) in [6.45, 7) is 0. The first kappa shape index (κ1) is 28.8. The fourth-order valence-electron chi connectivity index (χ4n) is 8.23. The molecule has 0 aliphatic heterocycles. The van der Waals surface area contributed by atoms with Crippen LogP contribution in [0.2, 0.25) is 0 Å². The molecule has 4 nitrogen and oxygen atoms in total. The molecule has 11 rings (SSSR count). The Hall–Kier alpha value is -7.04. The predicted octanol–water partition coefficient (Wildman–Crippen LogP) is 12.3. The van der Waals surface area contributed by atoms with Gasteiger partial charge in [-0.3, -0.25) is 4.57 Å². The van der Waals surface area contributed by atoms with Crippen LogP contribution in [-0.2, 0) is 0 Å². The van der Waals surface area contributed by atoms with Gasteiger partial charge < -0.3 is 4.57 Å². The molecule has 0 saturated heterocycles. The molecule has 0 amide bonds. The number of hydrogen-bond acceptors (Lipinski definition) is 2. The number of para-hydroxylation sites is 2. The van der Waals surface area contributed by atoms with E-state index in [0.717, 1.165) is 44.4 Å². The molecule has 0 aliphatic carbocycles. The van der Waals surface area contributed by atoms with Crippen molar-refractivity contribution in [3.05, 3.63) is 182 Å². The average Bonchev–Trinajstić information content (AvgIpc) is 3.74. The predicted molar refractivity (Wildman–Crippen MR) is 217 cm³/mol. The molecule has 242 valence electrons. The molecule has 0 N–H and O–H groups in total. The highest BCUT2D eigenvalue weighted by Crippen LogP contribution is 2.44. The lowest BCUT2D eigenvalue weighted by atomic mass is 10.0. The zero-order valence-corrected chi connectivity index (χ0v) is 28.1. The molecule has 8 aromatic carbocycles. The summed E-state index contributed by atoms with van der Waals surface area (Å²) < 4.78 is 4.70. The summed E-state index contributed by atoms with van der Waals surface area (Å²) in [5, 5.41) is 8.21. The molecule has 11 aromatic rings. The van der Waals surface area contributed by atoms with Crippen molar-refractivity contribution >= 4 is 65.3 Å². The summed E-state index contributed by atoms with van der Waals surface area (Å²) in [7, 11) is 0. The smallest absolute Gasteiger partial charge is 0.235 e. The first-order valence-electron chi connectivity index (χ1n) is 17.7. The maximum Gasteiger partial charge on any atom is 0.235 e. The Morgan fingerprint density at radius 1 is 0.346 bits per heavy atom. The van der Waals surface area contributed by atoms with Crippen molar-refractivity contribution in [1.82, 2.24) is 19.1 Å². The summed E-state index contributed by atoms with van der Waals surface area (Å²) in [5.41, 5.74) is 11.0. The van der Waals surface area contributed by atoms with Crippen LogP contribution in [0.5, 0.6) is 0 Å². The summed E-state index contributed by atoms with van der Waals surface area (Å²) in [5.74, 6) is 0.661. The Morgan fingerprint density at radius 3 is 1.73 bits per heavy atom. The first-order chi connectivity index (χ1) is 25.8. The molecule has 52 heavy (non-hydrogen) atoms. The Kier molecular flexibility index (Phi) is 6.22. The van der Waals surface area contributed by atoms with Gasteiger partial charge in [-0.1, -0.05) is 146 Å². The fraction of sp³-hybridized carbons (Fsp3) is 0. The lowest BCUT2D eigenvalue weighted by molar-refractivity contribution is 1.02. The van der Waals surface area contributed by atoms with Crippen molar-refractivity contribution in [1.29, 1.82) is 0 Å². The maximum atomic E-state index is 5.40. The Morgan fingerprint density at radius 2 is 0.942 bits per heavy atom. The largest absolute Gasteiger partial charge is 0.309 e. The van der Waals surface area contributed by atoms with Crippen LogP contribution in [0.15, 0.2) is 182 Å². The van der Waals surface area contributed by atoms with E-state index in [0.29, 0.717) is 5.95 Å². The van der Waals surface area contributed by atoms with Crippen LogP contribution in [0.4, 0.5) is 0 Å². The minimum atomic E-state index is 0.661. The van der Waals surface area contributed by atoms with E-state index in [-0.39, 0.29) is 0 Å². The number of fused-ring (bicyclic) bond motifs is 10. The van der Waals surface area contributed by atoms with Gasteiger partial charge >= 0.3 is 0 Å². The topological polar surface area (TPSA) is 35.6 Å². The van der Waals surface area contributed by atoms with Gasteiger partial charge in [0.15, 0.2) is 0 Å². The van der Waals surface area contributed by atoms with Crippen LogP contribution in [0.25, 0.3) is 99.3 Å². The molecule has 0 aliphatic rings. The van der Waals surface area contributed by atoms with Crippen LogP contribution < -0.4 is 0 Å². The molecular weight excluding hydrogens is 633 g/mol. The van der Waals surface area contributed by atoms with E-state index >= 15 is 0 Å². The number of benzene rings is 8. The summed E-state index contributed by atoms with van der Waals surface area (Å²) in [4.78, 5) is 10.7. The molecule has 4 heteroatoms. The highest BCUT2D eigenvalue weighted by atomic mass is 15.2. The second-order valence-corrected chi connectivity index (χ2v) is 13.4. The highest BCUT2D eigenvalue weighted by Gasteiger charge is 2.23. The van der Waals surface area contributed by atoms with Gasteiger partial charge in [0.2, 0.25) is 5.95 Å². The van der Waals surface area contributed by atoms with Crippen LogP contribution in [-0.4, -0.2) is 19.1 Å². The van der Waals surface area contributed by atoms with Crippen LogP contribution >= 0.6 is 0 Å². The summed E-state index contributed by atoms with van der Waals surface area (Å²) >= 11 is 0. The second-order valence-electron chi connectivity index (χ2n) is 13.4. The molecule has 0 spiro atoms. The van der Waals surface area contributed by atoms with Gasteiger partial charge in [0.1, 0.15) is 0 Å². The minimum Gasteiger partial charge on any atom is -0.309 e.